The van der Waals surface area contributed by atoms with Crippen LogP contribution < -0.4 is 11.5 Å². The predicted octanol–water partition coefficient (Wildman–Crippen LogP) is 1.28. The molecule has 1 aliphatic heterocycles. The molecular formula is C12H18N2O. The van der Waals surface area contributed by atoms with Gasteiger partial charge in [-0.2, -0.15) is 0 Å². The number of anilines is 1. The van der Waals surface area contributed by atoms with Gasteiger partial charge in [-0.3, -0.25) is 0 Å². The van der Waals surface area contributed by atoms with Gasteiger partial charge in [-0.25, -0.2) is 0 Å². The summed E-state index contributed by atoms with van der Waals surface area (Å²) in [5.41, 5.74) is 14.0. The normalized spacial score (nSPS) is 20.1. The molecule has 0 atom stereocenters. The summed E-state index contributed by atoms with van der Waals surface area (Å²) in [7, 11) is 0. The van der Waals surface area contributed by atoms with Gasteiger partial charge in [-0.1, -0.05) is 18.2 Å². The zero-order chi connectivity index (χ0) is 10.7. The van der Waals surface area contributed by atoms with Crippen molar-refractivity contribution in [1.82, 2.24) is 0 Å². The van der Waals surface area contributed by atoms with Crippen LogP contribution in [0.25, 0.3) is 0 Å². The van der Waals surface area contributed by atoms with E-state index in [4.69, 9.17) is 16.2 Å². The second-order valence-corrected chi connectivity index (χ2v) is 4.18. The van der Waals surface area contributed by atoms with E-state index >= 15 is 0 Å². The van der Waals surface area contributed by atoms with Crippen LogP contribution in [-0.4, -0.2) is 19.8 Å². The molecule has 1 aliphatic rings. The van der Waals surface area contributed by atoms with Gasteiger partial charge in [0.1, 0.15) is 0 Å². The third-order valence-electron chi connectivity index (χ3n) is 3.37. The molecule has 3 nitrogen and oxygen atoms in total. The lowest BCUT2D eigenvalue weighted by Gasteiger charge is -2.37. The minimum absolute atomic E-state index is 0.0313. The third-order valence-corrected chi connectivity index (χ3v) is 3.37. The SMILES string of the molecule is NCC1(c2ccccc2N)CCOCC1. The Balaban J connectivity index is 2.36. The molecule has 1 fully saturated rings. The van der Waals surface area contributed by atoms with E-state index in [9.17, 15) is 0 Å². The summed E-state index contributed by atoms with van der Waals surface area (Å²) < 4.78 is 5.39. The first-order chi connectivity index (χ1) is 7.28. The minimum Gasteiger partial charge on any atom is -0.398 e. The van der Waals surface area contributed by atoms with Crippen molar-refractivity contribution in [1.29, 1.82) is 0 Å². The number of para-hydroxylation sites is 1. The fourth-order valence-electron chi connectivity index (χ4n) is 2.33. The molecule has 1 saturated heterocycles. The van der Waals surface area contributed by atoms with Crippen LogP contribution in [-0.2, 0) is 10.2 Å². The number of benzene rings is 1. The second kappa shape index (κ2) is 4.21. The van der Waals surface area contributed by atoms with E-state index in [1.54, 1.807) is 0 Å². The molecule has 15 heavy (non-hydrogen) atoms. The van der Waals surface area contributed by atoms with Crippen LogP contribution in [0, 0.1) is 0 Å². The predicted molar refractivity (Wildman–Crippen MR) is 61.6 cm³/mol. The molecule has 3 heteroatoms. The highest BCUT2D eigenvalue weighted by Gasteiger charge is 2.34. The maximum absolute atomic E-state index is 6.02. The van der Waals surface area contributed by atoms with Crippen LogP contribution in [0.4, 0.5) is 5.69 Å². The van der Waals surface area contributed by atoms with Crippen molar-refractivity contribution >= 4 is 5.69 Å². The number of hydrogen-bond acceptors (Lipinski definition) is 3. The monoisotopic (exact) mass is 206 g/mol. The summed E-state index contributed by atoms with van der Waals surface area (Å²) in [6.07, 6.45) is 1.94. The van der Waals surface area contributed by atoms with E-state index in [-0.39, 0.29) is 5.41 Å². The first kappa shape index (κ1) is 10.5. The van der Waals surface area contributed by atoms with Crippen LogP contribution in [0.3, 0.4) is 0 Å². The number of nitrogen functional groups attached to an aromatic ring is 1. The zero-order valence-electron chi connectivity index (χ0n) is 8.91. The van der Waals surface area contributed by atoms with E-state index in [0.717, 1.165) is 31.7 Å². The van der Waals surface area contributed by atoms with Gasteiger partial charge in [-0.05, 0) is 24.5 Å². The maximum atomic E-state index is 6.02. The zero-order valence-corrected chi connectivity index (χ0v) is 8.91. The lowest BCUT2D eigenvalue weighted by atomic mass is 9.73. The van der Waals surface area contributed by atoms with Crippen molar-refractivity contribution in [3.8, 4) is 0 Å². The molecule has 0 unspecified atom stereocenters. The number of rotatable bonds is 2. The molecule has 82 valence electrons. The Labute approximate surface area is 90.4 Å². The highest BCUT2D eigenvalue weighted by Crippen LogP contribution is 2.36. The standard InChI is InChI=1S/C12H18N2O/c13-9-12(5-7-15-8-6-12)10-3-1-2-4-11(10)14/h1-4H,5-9,13-14H2. The number of nitrogens with two attached hydrogens (primary N) is 2. The van der Waals surface area contributed by atoms with Crippen LogP contribution in [0.1, 0.15) is 18.4 Å². The Hall–Kier alpha value is -1.06. The average Bonchev–Trinajstić information content (AvgIpc) is 2.30. The van der Waals surface area contributed by atoms with Gasteiger partial charge in [0.05, 0.1) is 0 Å². The van der Waals surface area contributed by atoms with E-state index in [2.05, 4.69) is 6.07 Å². The van der Waals surface area contributed by atoms with Crippen molar-refractivity contribution in [3.05, 3.63) is 29.8 Å². The van der Waals surface area contributed by atoms with Gasteiger partial charge in [0.25, 0.3) is 0 Å². The van der Waals surface area contributed by atoms with Gasteiger partial charge in [0.15, 0.2) is 0 Å². The molecule has 2 rings (SSSR count). The Kier molecular flexibility index (Phi) is 2.93. The molecule has 0 amide bonds. The van der Waals surface area contributed by atoms with Crippen molar-refractivity contribution < 1.29 is 4.74 Å². The summed E-state index contributed by atoms with van der Waals surface area (Å²) >= 11 is 0. The van der Waals surface area contributed by atoms with Crippen molar-refractivity contribution in [2.75, 3.05) is 25.5 Å². The lowest BCUT2D eigenvalue weighted by Crippen LogP contribution is -2.41. The summed E-state index contributed by atoms with van der Waals surface area (Å²) in [4.78, 5) is 0. The van der Waals surface area contributed by atoms with Gasteiger partial charge in [-0.15, -0.1) is 0 Å². The Morgan fingerprint density at radius 3 is 2.47 bits per heavy atom. The largest absolute Gasteiger partial charge is 0.398 e. The molecule has 0 bridgehead atoms. The Bertz CT molecular complexity index is 332. The number of hydrogen-bond donors (Lipinski definition) is 2. The molecule has 0 aliphatic carbocycles. The van der Waals surface area contributed by atoms with Gasteiger partial charge >= 0.3 is 0 Å². The van der Waals surface area contributed by atoms with Crippen molar-refractivity contribution in [2.24, 2.45) is 5.73 Å². The fourth-order valence-corrected chi connectivity index (χ4v) is 2.33. The van der Waals surface area contributed by atoms with Gasteiger partial charge in [0.2, 0.25) is 0 Å². The molecule has 1 aromatic rings. The van der Waals surface area contributed by atoms with E-state index < -0.39 is 0 Å². The van der Waals surface area contributed by atoms with Crippen molar-refractivity contribution in [3.63, 3.8) is 0 Å². The maximum Gasteiger partial charge on any atom is 0.0475 e. The third kappa shape index (κ3) is 1.85. The molecule has 1 aromatic carbocycles. The van der Waals surface area contributed by atoms with Crippen LogP contribution in [0.5, 0.6) is 0 Å². The quantitative estimate of drug-likeness (QED) is 0.716. The summed E-state index contributed by atoms with van der Waals surface area (Å²) in [5.74, 6) is 0. The molecule has 0 aromatic heterocycles. The van der Waals surface area contributed by atoms with Crippen LogP contribution >= 0.6 is 0 Å². The first-order valence-electron chi connectivity index (χ1n) is 5.41. The van der Waals surface area contributed by atoms with Gasteiger partial charge in [0, 0.05) is 30.9 Å². The number of ether oxygens (including phenoxy) is 1. The molecule has 1 heterocycles. The molecule has 0 radical (unpaired) electrons. The van der Waals surface area contributed by atoms with Gasteiger partial charge < -0.3 is 16.2 Å². The fraction of sp³-hybridized carbons (Fsp3) is 0.500. The summed E-state index contributed by atoms with van der Waals surface area (Å²) in [5, 5.41) is 0. The molecule has 0 spiro atoms. The lowest BCUT2D eigenvalue weighted by molar-refractivity contribution is 0.0532. The first-order valence-corrected chi connectivity index (χ1v) is 5.41. The highest BCUT2D eigenvalue weighted by atomic mass is 16.5. The Morgan fingerprint density at radius 2 is 1.87 bits per heavy atom. The molecular weight excluding hydrogens is 188 g/mol. The van der Waals surface area contributed by atoms with E-state index in [1.165, 1.54) is 5.56 Å². The van der Waals surface area contributed by atoms with Crippen LogP contribution in [0.15, 0.2) is 24.3 Å². The van der Waals surface area contributed by atoms with Crippen molar-refractivity contribution in [2.45, 2.75) is 18.3 Å². The second-order valence-electron chi connectivity index (χ2n) is 4.18. The molecule has 4 N–H and O–H groups in total. The minimum atomic E-state index is 0.0313. The van der Waals surface area contributed by atoms with E-state index in [1.807, 2.05) is 18.2 Å². The smallest absolute Gasteiger partial charge is 0.0475 e. The average molecular weight is 206 g/mol. The van der Waals surface area contributed by atoms with Crippen LogP contribution in [0.2, 0.25) is 0 Å². The van der Waals surface area contributed by atoms with E-state index in [0.29, 0.717) is 6.54 Å². The Morgan fingerprint density at radius 1 is 1.20 bits per heavy atom. The summed E-state index contributed by atoms with van der Waals surface area (Å²) in [6.45, 7) is 2.21. The molecule has 0 saturated carbocycles. The highest BCUT2D eigenvalue weighted by molar-refractivity contribution is 5.51. The topological polar surface area (TPSA) is 61.3 Å². The summed E-state index contributed by atoms with van der Waals surface area (Å²) in [6, 6.07) is 8.02.